The summed E-state index contributed by atoms with van der Waals surface area (Å²) < 4.78 is 45.4. The predicted molar refractivity (Wildman–Crippen MR) is 206 cm³/mol. The molecule has 3 heterocycles. The van der Waals surface area contributed by atoms with Gasteiger partial charge in [-0.1, -0.05) is 131 Å². The maximum Gasteiger partial charge on any atom is 0.121 e. The third-order valence-corrected chi connectivity index (χ3v) is 10.5. The van der Waals surface area contributed by atoms with E-state index in [2.05, 4.69) is 72.1 Å². The molecule has 251 valence electrons. The molecule has 0 spiro atoms. The normalized spacial score (nSPS) is 13.7. The van der Waals surface area contributed by atoms with Crippen LogP contribution in [0.2, 0.25) is 19.6 Å². The molecule has 7 rings (SSSR count). The molecule has 0 saturated carbocycles. The molecule has 49 heavy (non-hydrogen) atoms. The molecule has 7 aromatic rings. The Morgan fingerprint density at radius 1 is 0.776 bits per heavy atom. The van der Waals surface area contributed by atoms with Crippen LogP contribution < -0.4 is 5.19 Å². The number of nitrogens with zero attached hydrogens (tertiary/aromatic N) is 2. The van der Waals surface area contributed by atoms with E-state index < -0.39 is 26.7 Å². The average Bonchev–Trinajstić information content (AvgIpc) is 3.49. The van der Waals surface area contributed by atoms with Gasteiger partial charge in [0.1, 0.15) is 5.58 Å². The van der Waals surface area contributed by atoms with Crippen LogP contribution in [-0.2, 0) is 20.1 Å². The van der Waals surface area contributed by atoms with Crippen molar-refractivity contribution in [2.75, 3.05) is 0 Å². The fourth-order valence-electron chi connectivity index (χ4n) is 5.82. The summed E-state index contributed by atoms with van der Waals surface area (Å²) in [5.74, 6) is -1.41. The average molecular weight is 842 g/mol. The number of hydrogen-bond donors (Lipinski definition) is 0. The van der Waals surface area contributed by atoms with Crippen LogP contribution in [0, 0.1) is 19.0 Å². The molecule has 4 aromatic carbocycles. The molecule has 0 saturated heterocycles. The second-order valence-electron chi connectivity index (χ2n) is 13.6. The van der Waals surface area contributed by atoms with Gasteiger partial charge in [-0.05, 0) is 51.6 Å². The molecule has 1 radical (unpaired) electrons. The summed E-state index contributed by atoms with van der Waals surface area (Å²) in [5.41, 5.74) is 9.15. The van der Waals surface area contributed by atoms with Gasteiger partial charge in [0.05, 0.1) is 13.7 Å². The van der Waals surface area contributed by atoms with E-state index in [9.17, 15) is 0 Å². The Kier molecular flexibility index (Phi) is 9.21. The molecule has 0 unspecified atom stereocenters. The molecule has 0 fully saturated rings. The van der Waals surface area contributed by atoms with E-state index in [0.29, 0.717) is 0 Å². The molecule has 5 heteroatoms. The first-order chi connectivity index (χ1) is 24.8. The van der Waals surface area contributed by atoms with E-state index in [0.717, 1.165) is 66.7 Å². The number of rotatable bonds is 6. The first-order valence-corrected chi connectivity index (χ1v) is 19.7. The van der Waals surface area contributed by atoms with E-state index in [-0.39, 0.29) is 25.7 Å². The fraction of sp³-hybridized carbons (Fsp3) is 0.227. The van der Waals surface area contributed by atoms with Crippen molar-refractivity contribution in [3.8, 4) is 33.6 Å². The maximum absolute atomic E-state index is 8.48. The molecule has 3 nitrogen and oxygen atoms in total. The van der Waals surface area contributed by atoms with E-state index >= 15 is 0 Å². The summed E-state index contributed by atoms with van der Waals surface area (Å²) >= 11 is 0. The summed E-state index contributed by atoms with van der Waals surface area (Å²) in [5, 5.41) is 3.31. The Morgan fingerprint density at radius 3 is 2.24 bits per heavy atom. The van der Waals surface area contributed by atoms with Gasteiger partial charge in [0.2, 0.25) is 0 Å². The minimum atomic E-state index is -2.13. The molecular weight excluding hydrogens is 793 g/mol. The molecule has 0 aliphatic heterocycles. The Morgan fingerprint density at radius 2 is 1.57 bits per heavy atom. The molecular formula is C44H44IrN2OSi-2. The third kappa shape index (κ3) is 8.02. The van der Waals surface area contributed by atoms with E-state index in [4.69, 9.17) is 11.3 Å². The van der Waals surface area contributed by atoms with Crippen molar-refractivity contribution < 1.29 is 31.4 Å². The monoisotopic (exact) mass is 842 g/mol. The summed E-state index contributed by atoms with van der Waals surface area (Å²) in [6.07, 6.45) is 3.64. The second kappa shape index (κ2) is 15.2. The van der Waals surface area contributed by atoms with Crippen LogP contribution in [0.3, 0.4) is 0 Å². The molecule has 0 N–H and O–H groups in total. The van der Waals surface area contributed by atoms with Crippen LogP contribution in [0.15, 0.2) is 114 Å². The zero-order chi connectivity index (χ0) is 38.3. The predicted octanol–water partition coefficient (Wildman–Crippen LogP) is 11.8. The van der Waals surface area contributed by atoms with Crippen molar-refractivity contribution in [1.82, 2.24) is 9.97 Å². The molecule has 0 atom stereocenters. The SMILES string of the molecule is [2H]C(C)(C)c1ccnc(-c2[c-]ccc3c2oc2cc(-c4ccccc4)ccc23)c1.[2H]C([2H])([2H])c1c[c-]c(-c2cc(C([2H])(C)C)c([Si](C)(C)C)cn2)cc1.[Ir]. The van der Waals surface area contributed by atoms with Crippen molar-refractivity contribution in [1.29, 1.82) is 0 Å². The van der Waals surface area contributed by atoms with Gasteiger partial charge in [-0.25, -0.2) is 0 Å². The largest absolute Gasteiger partial charge is 0.501 e. The number of aromatic nitrogens is 2. The molecule has 3 aromatic heterocycles. The fourth-order valence-corrected chi connectivity index (χ4v) is 7.40. The van der Waals surface area contributed by atoms with Crippen LogP contribution in [0.25, 0.3) is 55.6 Å². The van der Waals surface area contributed by atoms with Crippen molar-refractivity contribution >= 4 is 35.2 Å². The van der Waals surface area contributed by atoms with Crippen LogP contribution in [0.5, 0.6) is 0 Å². The quantitative estimate of drug-likeness (QED) is 0.124. The van der Waals surface area contributed by atoms with Gasteiger partial charge in [-0.15, -0.1) is 53.6 Å². The Labute approximate surface area is 313 Å². The summed E-state index contributed by atoms with van der Waals surface area (Å²) in [6.45, 7) is 12.1. The molecule has 0 bridgehead atoms. The van der Waals surface area contributed by atoms with Crippen LogP contribution in [0.4, 0.5) is 0 Å². The van der Waals surface area contributed by atoms with Gasteiger partial charge < -0.3 is 14.4 Å². The standard InChI is InChI=1S/C26H20NO.C18H24NSi.Ir/c1-17(2)19-13-14-27-24(15-19)23-10-6-9-22-21-12-11-20(16-25(21)28-26(22)23)18-7-4-3-5-8-18;1-13(2)16-11-17(15-9-7-14(3)8-10-15)19-12-18(16)20(4,5)6;/h3-9,11-17H,1-2H3;7-9,11-13H,1-6H3;/q2*-1;/i17D;3D3,13D;. The topological polar surface area (TPSA) is 38.9 Å². The van der Waals surface area contributed by atoms with Gasteiger partial charge in [0.25, 0.3) is 0 Å². The van der Waals surface area contributed by atoms with E-state index in [1.54, 1.807) is 18.3 Å². The van der Waals surface area contributed by atoms with Gasteiger partial charge in [-0.2, -0.15) is 0 Å². The van der Waals surface area contributed by atoms with Crippen molar-refractivity contribution in [3.63, 3.8) is 0 Å². The zero-order valence-electron chi connectivity index (χ0n) is 34.0. The number of furan rings is 1. The first kappa shape index (κ1) is 29.7. The minimum Gasteiger partial charge on any atom is -0.501 e. The number of benzene rings is 4. The van der Waals surface area contributed by atoms with Gasteiger partial charge in [0, 0.05) is 44.7 Å². The maximum atomic E-state index is 8.48. The zero-order valence-corrected chi connectivity index (χ0v) is 32.4. The second-order valence-corrected chi connectivity index (χ2v) is 18.6. The minimum absolute atomic E-state index is 0. The first-order valence-electron chi connectivity index (χ1n) is 18.7. The molecule has 0 aliphatic carbocycles. The summed E-state index contributed by atoms with van der Waals surface area (Å²) in [7, 11) is -1.61. The Bertz CT molecular complexity index is 2390. The van der Waals surface area contributed by atoms with Crippen molar-refractivity contribution in [3.05, 3.63) is 138 Å². The summed E-state index contributed by atoms with van der Waals surface area (Å²) in [4.78, 5) is 9.09. The number of fused-ring (bicyclic) bond motifs is 3. The van der Waals surface area contributed by atoms with Crippen molar-refractivity contribution in [2.24, 2.45) is 0 Å². The Balaban J connectivity index is 0.000000208. The van der Waals surface area contributed by atoms with Gasteiger partial charge in [-0.3, -0.25) is 0 Å². The number of hydrogen-bond acceptors (Lipinski definition) is 3. The Hall–Kier alpha value is -4.15. The molecule has 0 amide bonds. The van der Waals surface area contributed by atoms with E-state index in [1.165, 1.54) is 11.3 Å². The van der Waals surface area contributed by atoms with Gasteiger partial charge in [0.15, 0.2) is 0 Å². The van der Waals surface area contributed by atoms with Crippen LogP contribution in [-0.4, -0.2) is 18.0 Å². The number of pyridine rings is 2. The number of aryl methyl sites for hydroxylation is 1. The smallest absolute Gasteiger partial charge is 0.121 e. The van der Waals surface area contributed by atoms with Crippen molar-refractivity contribution in [2.45, 2.75) is 66.0 Å². The van der Waals surface area contributed by atoms with Crippen LogP contribution >= 0.6 is 0 Å². The summed E-state index contributed by atoms with van der Waals surface area (Å²) in [6, 6.07) is 37.5. The molecule has 0 aliphatic rings. The van der Waals surface area contributed by atoms with Gasteiger partial charge >= 0.3 is 0 Å². The van der Waals surface area contributed by atoms with Crippen LogP contribution in [0.1, 0.15) is 63.0 Å². The third-order valence-electron chi connectivity index (χ3n) is 8.47. The van der Waals surface area contributed by atoms with E-state index in [1.807, 2.05) is 82.4 Å².